The molecule has 0 saturated carbocycles. The summed E-state index contributed by atoms with van der Waals surface area (Å²) in [7, 11) is -3.61. The summed E-state index contributed by atoms with van der Waals surface area (Å²) < 4.78 is 107. The first-order valence-corrected chi connectivity index (χ1v) is 12.6. The molecule has 198 valence electrons. The Hall–Kier alpha value is -3.55. The zero-order chi connectivity index (χ0) is 27.1. The number of alkyl halides is 3. The highest BCUT2D eigenvalue weighted by Crippen LogP contribution is 2.31. The number of aromatic nitrogens is 2. The molecule has 1 amide bonds. The smallest absolute Gasteiger partial charge is 0.350 e. The highest BCUT2D eigenvalue weighted by atomic mass is 32.2. The molecule has 2 aromatic carbocycles. The summed E-state index contributed by atoms with van der Waals surface area (Å²) in [6.45, 7) is 1.11. The number of hydrogen-bond acceptors (Lipinski definition) is 4. The van der Waals surface area contributed by atoms with Crippen LogP contribution in [0.4, 0.5) is 32.0 Å². The fraction of sp³-hybridized carbons (Fsp3) is 0.304. The lowest BCUT2D eigenvalue weighted by atomic mass is 9.99. The Morgan fingerprint density at radius 2 is 1.78 bits per heavy atom. The zero-order valence-corrected chi connectivity index (χ0v) is 20.0. The summed E-state index contributed by atoms with van der Waals surface area (Å²) in [6, 6.07) is 6.77. The molecule has 1 aromatic heterocycles. The second-order valence-corrected chi connectivity index (χ2v) is 10.4. The number of amides is 1. The number of nitrogens with zero attached hydrogens (tertiary/aromatic N) is 3. The lowest BCUT2D eigenvalue weighted by Crippen LogP contribution is -2.29. The number of benzene rings is 2. The van der Waals surface area contributed by atoms with E-state index in [4.69, 9.17) is 0 Å². The van der Waals surface area contributed by atoms with Gasteiger partial charge < -0.3 is 5.32 Å². The summed E-state index contributed by atoms with van der Waals surface area (Å²) >= 11 is 0. The van der Waals surface area contributed by atoms with E-state index >= 15 is 0 Å². The molecule has 14 heteroatoms. The second kappa shape index (κ2) is 9.72. The fourth-order valence-corrected chi connectivity index (χ4v) is 5.48. The minimum atomic E-state index is -4.84. The van der Waals surface area contributed by atoms with E-state index in [1.165, 1.54) is 19.1 Å². The number of anilines is 1. The van der Waals surface area contributed by atoms with Crippen molar-refractivity contribution in [1.82, 2.24) is 15.1 Å². The van der Waals surface area contributed by atoms with Gasteiger partial charge in [-0.1, -0.05) is 6.07 Å². The first kappa shape index (κ1) is 26.5. The molecule has 2 heterocycles. The van der Waals surface area contributed by atoms with Gasteiger partial charge in [-0.3, -0.25) is 9.10 Å². The number of hydrogen-bond donors (Lipinski definition) is 1. The van der Waals surface area contributed by atoms with Crippen molar-refractivity contribution in [3.63, 3.8) is 0 Å². The molecule has 0 aliphatic carbocycles. The predicted octanol–water partition coefficient (Wildman–Crippen LogP) is 4.27. The third kappa shape index (κ3) is 5.43. The minimum Gasteiger partial charge on any atom is -0.350 e. The van der Waals surface area contributed by atoms with E-state index in [2.05, 4.69) is 10.4 Å². The van der Waals surface area contributed by atoms with Gasteiger partial charge in [-0.05, 0) is 49.2 Å². The molecule has 1 aliphatic rings. The second-order valence-electron chi connectivity index (χ2n) is 8.42. The Kier molecular flexibility index (Phi) is 6.97. The first-order chi connectivity index (χ1) is 17.3. The number of rotatable bonds is 6. The molecular weight excluding hydrogens is 526 g/mol. The van der Waals surface area contributed by atoms with Gasteiger partial charge in [0.1, 0.15) is 5.82 Å². The van der Waals surface area contributed by atoms with Crippen LogP contribution in [0.25, 0.3) is 5.69 Å². The van der Waals surface area contributed by atoms with E-state index in [1.54, 1.807) is 0 Å². The maximum absolute atomic E-state index is 14.7. The Bertz CT molecular complexity index is 1460. The largest absolute Gasteiger partial charge is 0.435 e. The van der Waals surface area contributed by atoms with Crippen LogP contribution in [0, 0.1) is 17.5 Å². The molecule has 7 nitrogen and oxygen atoms in total. The summed E-state index contributed by atoms with van der Waals surface area (Å²) in [5.41, 5.74) is -1.59. The van der Waals surface area contributed by atoms with Crippen LogP contribution in [0.2, 0.25) is 0 Å². The van der Waals surface area contributed by atoms with Crippen molar-refractivity contribution in [1.29, 1.82) is 0 Å². The fourth-order valence-electron chi connectivity index (χ4n) is 3.91. The number of nitrogens with one attached hydrogen (secondary N) is 1. The molecule has 0 radical (unpaired) electrons. The highest BCUT2D eigenvalue weighted by molar-refractivity contribution is 7.93. The maximum Gasteiger partial charge on any atom is 0.435 e. The molecule has 0 bridgehead atoms. The molecule has 1 unspecified atom stereocenters. The van der Waals surface area contributed by atoms with Crippen molar-refractivity contribution in [2.24, 2.45) is 0 Å². The summed E-state index contributed by atoms with van der Waals surface area (Å²) in [5.74, 6) is -5.06. The van der Waals surface area contributed by atoms with Crippen LogP contribution in [0.1, 0.15) is 36.2 Å². The van der Waals surface area contributed by atoms with Crippen molar-refractivity contribution in [3.8, 4) is 5.69 Å². The first-order valence-electron chi connectivity index (χ1n) is 11.0. The van der Waals surface area contributed by atoms with Gasteiger partial charge in [0.15, 0.2) is 17.3 Å². The van der Waals surface area contributed by atoms with Crippen molar-refractivity contribution in [3.05, 3.63) is 76.9 Å². The molecule has 1 aliphatic heterocycles. The zero-order valence-electron chi connectivity index (χ0n) is 19.2. The Balaban J connectivity index is 1.53. The lowest BCUT2D eigenvalue weighted by molar-refractivity contribution is -0.141. The highest BCUT2D eigenvalue weighted by Gasteiger charge is 2.35. The van der Waals surface area contributed by atoms with E-state index in [-0.39, 0.29) is 34.9 Å². The molecule has 3 aromatic rings. The van der Waals surface area contributed by atoms with E-state index in [0.29, 0.717) is 18.6 Å². The molecule has 0 spiro atoms. The number of carbonyl (C=O) groups is 1. The normalized spacial score (nSPS) is 16.1. The number of carbonyl (C=O) groups excluding carboxylic acids is 1. The van der Waals surface area contributed by atoms with Crippen LogP contribution in [0.15, 0.2) is 42.5 Å². The van der Waals surface area contributed by atoms with Gasteiger partial charge in [0, 0.05) is 12.6 Å². The van der Waals surface area contributed by atoms with Gasteiger partial charge in [-0.25, -0.2) is 26.3 Å². The Morgan fingerprint density at radius 3 is 2.38 bits per heavy atom. The van der Waals surface area contributed by atoms with Crippen LogP contribution in [-0.4, -0.2) is 36.4 Å². The molecule has 37 heavy (non-hydrogen) atoms. The minimum absolute atomic E-state index is 0.0931. The van der Waals surface area contributed by atoms with Gasteiger partial charge in [0.25, 0.3) is 0 Å². The van der Waals surface area contributed by atoms with E-state index < -0.39 is 57.7 Å². The van der Waals surface area contributed by atoms with Gasteiger partial charge in [-0.2, -0.15) is 18.3 Å². The molecular formula is C23H20F6N4O3S. The molecule has 1 N–H and O–H groups in total. The molecule has 1 atom stereocenters. The molecule has 4 rings (SSSR count). The van der Waals surface area contributed by atoms with E-state index in [0.717, 1.165) is 27.2 Å². The average Bonchev–Trinajstić information content (AvgIpc) is 3.41. The number of halogens is 6. The maximum atomic E-state index is 14.7. The third-order valence-corrected chi connectivity index (χ3v) is 7.75. The van der Waals surface area contributed by atoms with E-state index in [9.17, 15) is 39.6 Å². The summed E-state index contributed by atoms with van der Waals surface area (Å²) in [5, 5.41) is 5.86. The van der Waals surface area contributed by atoms with Crippen molar-refractivity contribution < 1.29 is 39.6 Å². The van der Waals surface area contributed by atoms with E-state index in [1.807, 2.05) is 0 Å². The van der Waals surface area contributed by atoms with Crippen LogP contribution in [0.5, 0.6) is 0 Å². The third-order valence-electron chi connectivity index (χ3n) is 5.90. The van der Waals surface area contributed by atoms with Gasteiger partial charge in [0.2, 0.25) is 15.9 Å². The van der Waals surface area contributed by atoms with Crippen molar-refractivity contribution >= 4 is 21.6 Å². The predicted molar refractivity (Wildman–Crippen MR) is 121 cm³/mol. The van der Waals surface area contributed by atoms with Crippen LogP contribution in [0.3, 0.4) is 0 Å². The SMILES string of the molecule is CC(C(=O)NCc1cc(C(F)(F)F)nn1-c1ccc(F)c(F)c1)c1ccc(N2CCCS2(=O)=O)c(F)c1. The molecule has 1 saturated heterocycles. The van der Waals surface area contributed by atoms with Crippen molar-refractivity contribution in [2.75, 3.05) is 16.6 Å². The van der Waals surface area contributed by atoms with Crippen LogP contribution in [-0.2, 0) is 27.5 Å². The van der Waals surface area contributed by atoms with Gasteiger partial charge in [0.05, 0.1) is 35.3 Å². The van der Waals surface area contributed by atoms with Gasteiger partial charge in [-0.15, -0.1) is 0 Å². The lowest BCUT2D eigenvalue weighted by Gasteiger charge is -2.19. The van der Waals surface area contributed by atoms with Crippen molar-refractivity contribution in [2.45, 2.75) is 32.0 Å². The standard InChI is InChI=1S/C23H20F6N4O3S/c1-13(14-3-6-20(19(26)9-14)32-7-2-8-37(32,35)36)22(34)30-12-16-11-21(23(27,28)29)31-33(16)15-4-5-17(24)18(25)10-15/h3-6,9-11,13H,2,7-8,12H2,1H3,(H,30,34). The monoisotopic (exact) mass is 546 g/mol. The van der Waals surface area contributed by atoms with Crippen LogP contribution < -0.4 is 9.62 Å². The quantitative estimate of drug-likeness (QED) is 0.469. The summed E-state index contributed by atoms with van der Waals surface area (Å²) in [4.78, 5) is 12.7. The van der Waals surface area contributed by atoms with Crippen LogP contribution >= 0.6 is 0 Å². The van der Waals surface area contributed by atoms with Gasteiger partial charge >= 0.3 is 6.18 Å². The average molecular weight is 546 g/mol. The summed E-state index contributed by atoms with van der Waals surface area (Å²) in [6.07, 6.45) is -4.47. The molecule has 1 fully saturated rings. The number of sulfonamides is 1. The Morgan fingerprint density at radius 1 is 1.05 bits per heavy atom. The topological polar surface area (TPSA) is 84.3 Å². The Labute approximate surface area is 207 Å².